The average Bonchev–Trinajstić information content (AvgIpc) is 2.42. The fourth-order valence-corrected chi connectivity index (χ4v) is 2.16. The van der Waals surface area contributed by atoms with Crippen LogP contribution in [0.5, 0.6) is 0 Å². The Hall–Kier alpha value is -1.82. The third-order valence-electron chi connectivity index (χ3n) is 3.05. The van der Waals surface area contributed by atoms with Crippen LogP contribution >= 0.6 is 0 Å². The number of fused-ring (bicyclic) bond motifs is 1. The highest BCUT2D eigenvalue weighted by Crippen LogP contribution is 2.29. The number of hydrogen-bond acceptors (Lipinski definition) is 3. The van der Waals surface area contributed by atoms with Crippen molar-refractivity contribution < 1.29 is 13.2 Å². The fraction of sp³-hybridized carbons (Fsp3) is 0.357. The van der Waals surface area contributed by atoms with Gasteiger partial charge in [0.2, 0.25) is 0 Å². The van der Waals surface area contributed by atoms with Gasteiger partial charge in [0, 0.05) is 24.2 Å². The molecule has 6 heteroatoms. The predicted molar refractivity (Wildman–Crippen MR) is 73.6 cm³/mol. The highest BCUT2D eigenvalue weighted by atomic mass is 19.4. The van der Waals surface area contributed by atoms with Gasteiger partial charge in [0.15, 0.2) is 0 Å². The predicted octanol–water partition coefficient (Wildman–Crippen LogP) is 3.08. The lowest BCUT2D eigenvalue weighted by Crippen LogP contribution is -2.34. The molecule has 0 aliphatic heterocycles. The van der Waals surface area contributed by atoms with E-state index < -0.39 is 12.7 Å². The summed E-state index contributed by atoms with van der Waals surface area (Å²) in [5.41, 5.74) is 7.34. The van der Waals surface area contributed by atoms with Crippen LogP contribution in [0.15, 0.2) is 30.3 Å². The quantitative estimate of drug-likeness (QED) is 0.937. The van der Waals surface area contributed by atoms with Gasteiger partial charge in [-0.05, 0) is 19.1 Å². The van der Waals surface area contributed by atoms with Crippen molar-refractivity contribution in [1.82, 2.24) is 4.98 Å². The molecule has 0 amide bonds. The van der Waals surface area contributed by atoms with E-state index in [-0.39, 0.29) is 13.1 Å². The van der Waals surface area contributed by atoms with Crippen molar-refractivity contribution in [3.63, 3.8) is 0 Å². The van der Waals surface area contributed by atoms with E-state index in [1.165, 1.54) is 4.90 Å². The third kappa shape index (κ3) is 3.19. The van der Waals surface area contributed by atoms with Gasteiger partial charge in [-0.25, -0.2) is 0 Å². The molecular weight excluding hydrogens is 267 g/mol. The zero-order chi connectivity index (χ0) is 14.8. The van der Waals surface area contributed by atoms with Gasteiger partial charge in [0.1, 0.15) is 6.54 Å². The van der Waals surface area contributed by atoms with Gasteiger partial charge in [-0.3, -0.25) is 4.98 Å². The second-order valence-corrected chi connectivity index (χ2v) is 4.48. The third-order valence-corrected chi connectivity index (χ3v) is 3.05. The van der Waals surface area contributed by atoms with Crippen molar-refractivity contribution in [2.45, 2.75) is 19.6 Å². The molecule has 1 aromatic carbocycles. The Balaban J connectivity index is 2.55. The number of nitrogens with two attached hydrogens (primary N) is 1. The first-order valence-electron chi connectivity index (χ1n) is 6.35. The molecule has 108 valence electrons. The molecule has 0 atom stereocenters. The zero-order valence-electron chi connectivity index (χ0n) is 11.1. The number of hydrogen-bond donors (Lipinski definition) is 1. The first-order chi connectivity index (χ1) is 9.44. The summed E-state index contributed by atoms with van der Waals surface area (Å²) in [7, 11) is 0. The van der Waals surface area contributed by atoms with Crippen LogP contribution in [0.25, 0.3) is 10.9 Å². The van der Waals surface area contributed by atoms with Crippen molar-refractivity contribution >= 4 is 16.6 Å². The molecule has 0 saturated heterocycles. The highest BCUT2D eigenvalue weighted by molar-refractivity contribution is 5.92. The van der Waals surface area contributed by atoms with Crippen LogP contribution < -0.4 is 10.6 Å². The smallest absolute Gasteiger partial charge is 0.362 e. The van der Waals surface area contributed by atoms with Crippen molar-refractivity contribution in [1.29, 1.82) is 0 Å². The monoisotopic (exact) mass is 283 g/mol. The molecule has 0 unspecified atom stereocenters. The minimum atomic E-state index is -4.25. The molecule has 2 N–H and O–H groups in total. The SMILES string of the molecule is CCN(CC(F)(F)F)c1cc(CN)nc2ccccc12. The maximum absolute atomic E-state index is 12.7. The molecular formula is C14H16F3N3. The summed E-state index contributed by atoms with van der Waals surface area (Å²) >= 11 is 0. The maximum Gasteiger partial charge on any atom is 0.405 e. The average molecular weight is 283 g/mol. The lowest BCUT2D eigenvalue weighted by molar-refractivity contribution is -0.119. The van der Waals surface area contributed by atoms with E-state index in [9.17, 15) is 13.2 Å². The van der Waals surface area contributed by atoms with E-state index in [0.717, 1.165) is 0 Å². The van der Waals surface area contributed by atoms with Crippen molar-refractivity contribution in [2.75, 3.05) is 18.0 Å². The van der Waals surface area contributed by atoms with Crippen LogP contribution in [-0.2, 0) is 6.54 Å². The summed E-state index contributed by atoms with van der Waals surface area (Å²) in [6.07, 6.45) is -4.25. The number of alkyl halides is 3. The second-order valence-electron chi connectivity index (χ2n) is 4.48. The van der Waals surface area contributed by atoms with E-state index in [0.29, 0.717) is 22.3 Å². The summed E-state index contributed by atoms with van der Waals surface area (Å²) in [6.45, 7) is 1.17. The molecule has 0 aliphatic carbocycles. The van der Waals surface area contributed by atoms with Gasteiger partial charge in [0.05, 0.1) is 11.2 Å². The topological polar surface area (TPSA) is 42.1 Å². The molecule has 3 nitrogen and oxygen atoms in total. The molecule has 1 aromatic heterocycles. The summed E-state index contributed by atoms with van der Waals surface area (Å²) < 4.78 is 38.0. The lowest BCUT2D eigenvalue weighted by atomic mass is 10.1. The van der Waals surface area contributed by atoms with E-state index in [1.807, 2.05) is 0 Å². The number of para-hydroxylation sites is 1. The Morgan fingerprint density at radius 2 is 1.95 bits per heavy atom. The summed E-state index contributed by atoms with van der Waals surface area (Å²) in [5, 5.41) is 0.704. The molecule has 2 rings (SSSR count). The Morgan fingerprint density at radius 1 is 1.25 bits per heavy atom. The molecule has 0 bridgehead atoms. The van der Waals surface area contributed by atoms with E-state index >= 15 is 0 Å². The molecule has 0 aliphatic rings. The fourth-order valence-electron chi connectivity index (χ4n) is 2.16. The van der Waals surface area contributed by atoms with Crippen LogP contribution in [-0.4, -0.2) is 24.2 Å². The number of rotatable bonds is 4. The molecule has 0 saturated carbocycles. The van der Waals surface area contributed by atoms with Crippen LogP contribution in [0.3, 0.4) is 0 Å². The van der Waals surface area contributed by atoms with Crippen LogP contribution in [0.2, 0.25) is 0 Å². The van der Waals surface area contributed by atoms with Crippen molar-refractivity contribution in [3.05, 3.63) is 36.0 Å². The number of anilines is 1. The van der Waals surface area contributed by atoms with Gasteiger partial charge in [-0.1, -0.05) is 18.2 Å². The molecule has 0 radical (unpaired) electrons. The van der Waals surface area contributed by atoms with Crippen molar-refractivity contribution in [3.8, 4) is 0 Å². The molecule has 0 fully saturated rings. The van der Waals surface area contributed by atoms with E-state index in [2.05, 4.69) is 4.98 Å². The minimum absolute atomic E-state index is 0.196. The van der Waals surface area contributed by atoms with Crippen LogP contribution in [0.1, 0.15) is 12.6 Å². The second kappa shape index (κ2) is 5.66. The highest BCUT2D eigenvalue weighted by Gasteiger charge is 2.31. The number of nitrogens with zero attached hydrogens (tertiary/aromatic N) is 2. The maximum atomic E-state index is 12.7. The van der Waals surface area contributed by atoms with Gasteiger partial charge < -0.3 is 10.6 Å². The summed E-state index contributed by atoms with van der Waals surface area (Å²) in [6, 6.07) is 8.78. The van der Waals surface area contributed by atoms with Crippen molar-refractivity contribution in [2.24, 2.45) is 5.73 Å². The molecule has 0 spiro atoms. The van der Waals surface area contributed by atoms with Crippen LogP contribution in [0.4, 0.5) is 18.9 Å². The first kappa shape index (κ1) is 14.6. The molecule has 2 aromatic rings. The van der Waals surface area contributed by atoms with E-state index in [1.54, 1.807) is 37.3 Å². The standard InChI is InChI=1S/C14H16F3N3/c1-2-20(9-14(15,16)17)13-7-10(8-18)19-12-6-4-3-5-11(12)13/h3-7H,2,8-9,18H2,1H3. The Bertz CT molecular complexity index is 596. The minimum Gasteiger partial charge on any atom is -0.362 e. The number of benzene rings is 1. The molecule has 1 heterocycles. The number of halogens is 3. The normalized spacial score (nSPS) is 11.8. The van der Waals surface area contributed by atoms with Gasteiger partial charge in [0.25, 0.3) is 0 Å². The van der Waals surface area contributed by atoms with Crippen LogP contribution in [0, 0.1) is 0 Å². The Labute approximate surface area is 115 Å². The van der Waals surface area contributed by atoms with Gasteiger partial charge >= 0.3 is 6.18 Å². The largest absolute Gasteiger partial charge is 0.405 e. The van der Waals surface area contributed by atoms with Gasteiger partial charge in [-0.15, -0.1) is 0 Å². The Morgan fingerprint density at radius 3 is 2.55 bits per heavy atom. The Kier molecular flexibility index (Phi) is 4.13. The first-order valence-corrected chi connectivity index (χ1v) is 6.35. The number of pyridine rings is 1. The zero-order valence-corrected chi connectivity index (χ0v) is 11.1. The summed E-state index contributed by atoms with van der Waals surface area (Å²) in [5.74, 6) is 0. The van der Waals surface area contributed by atoms with E-state index in [4.69, 9.17) is 5.73 Å². The lowest BCUT2D eigenvalue weighted by Gasteiger charge is -2.26. The molecule has 20 heavy (non-hydrogen) atoms. The number of aromatic nitrogens is 1. The summed E-state index contributed by atoms with van der Waals surface area (Å²) in [4.78, 5) is 5.63. The van der Waals surface area contributed by atoms with Gasteiger partial charge in [-0.2, -0.15) is 13.2 Å².